The standard InChI is InChI=1S/C13H11N5O4/c14-11-2-1-9(18(21)22)7-10(11)13(20)17-16-12(19)8-3-5-15-6-4-8/h1-7H,14H2,(H,16,19)(H,17,20). The summed E-state index contributed by atoms with van der Waals surface area (Å²) in [6.45, 7) is 0. The number of aromatic nitrogens is 1. The molecule has 112 valence electrons. The number of nitro groups is 1. The molecule has 0 aliphatic heterocycles. The molecule has 0 bridgehead atoms. The lowest BCUT2D eigenvalue weighted by atomic mass is 10.1. The van der Waals surface area contributed by atoms with Crippen LogP contribution in [0.2, 0.25) is 0 Å². The summed E-state index contributed by atoms with van der Waals surface area (Å²) in [4.78, 5) is 37.5. The zero-order valence-corrected chi connectivity index (χ0v) is 11.1. The number of nitrogen functional groups attached to an aromatic ring is 1. The normalized spacial score (nSPS) is 9.82. The second kappa shape index (κ2) is 6.31. The number of pyridine rings is 1. The number of anilines is 1. The van der Waals surface area contributed by atoms with Gasteiger partial charge in [-0.25, -0.2) is 0 Å². The van der Waals surface area contributed by atoms with Crippen LogP contribution in [0.3, 0.4) is 0 Å². The first kappa shape index (κ1) is 14.9. The number of hydrogen-bond donors (Lipinski definition) is 3. The number of non-ortho nitro benzene ring substituents is 1. The molecule has 0 aliphatic carbocycles. The van der Waals surface area contributed by atoms with Crippen LogP contribution >= 0.6 is 0 Å². The van der Waals surface area contributed by atoms with E-state index in [1.807, 2.05) is 0 Å². The second-order valence-electron chi connectivity index (χ2n) is 4.17. The Morgan fingerprint density at radius 3 is 2.36 bits per heavy atom. The van der Waals surface area contributed by atoms with E-state index in [9.17, 15) is 19.7 Å². The Bertz CT molecular complexity index is 732. The topological polar surface area (TPSA) is 140 Å². The number of benzene rings is 1. The fourth-order valence-corrected chi connectivity index (χ4v) is 1.61. The molecule has 1 aromatic carbocycles. The molecule has 0 saturated heterocycles. The summed E-state index contributed by atoms with van der Waals surface area (Å²) in [5, 5.41) is 10.7. The molecule has 0 unspecified atom stereocenters. The molecule has 9 heteroatoms. The van der Waals surface area contributed by atoms with E-state index in [0.29, 0.717) is 5.56 Å². The third-order valence-corrected chi connectivity index (χ3v) is 2.72. The number of hydrogen-bond acceptors (Lipinski definition) is 6. The fourth-order valence-electron chi connectivity index (χ4n) is 1.61. The molecule has 0 spiro atoms. The van der Waals surface area contributed by atoms with E-state index in [1.54, 1.807) is 0 Å². The molecular formula is C13H11N5O4. The maximum atomic E-state index is 11.9. The van der Waals surface area contributed by atoms with Gasteiger partial charge in [0.1, 0.15) is 0 Å². The number of carbonyl (C=O) groups excluding carboxylic acids is 2. The van der Waals surface area contributed by atoms with Crippen molar-refractivity contribution in [2.75, 3.05) is 5.73 Å². The number of nitrogens with two attached hydrogens (primary N) is 1. The van der Waals surface area contributed by atoms with Crippen LogP contribution < -0.4 is 16.6 Å². The van der Waals surface area contributed by atoms with Crippen molar-refractivity contribution < 1.29 is 14.5 Å². The van der Waals surface area contributed by atoms with Crippen LogP contribution in [-0.4, -0.2) is 21.7 Å². The van der Waals surface area contributed by atoms with Crippen molar-refractivity contribution in [1.29, 1.82) is 0 Å². The Labute approximate surface area is 124 Å². The fraction of sp³-hybridized carbons (Fsp3) is 0. The molecule has 22 heavy (non-hydrogen) atoms. The molecule has 1 heterocycles. The largest absolute Gasteiger partial charge is 0.398 e. The first-order valence-corrected chi connectivity index (χ1v) is 6.03. The van der Waals surface area contributed by atoms with E-state index in [-0.39, 0.29) is 16.9 Å². The van der Waals surface area contributed by atoms with Gasteiger partial charge in [0.25, 0.3) is 17.5 Å². The van der Waals surface area contributed by atoms with Crippen LogP contribution in [-0.2, 0) is 0 Å². The minimum atomic E-state index is -0.761. The highest BCUT2D eigenvalue weighted by Gasteiger charge is 2.16. The van der Waals surface area contributed by atoms with Crippen LogP contribution in [0.25, 0.3) is 0 Å². The van der Waals surface area contributed by atoms with Crippen molar-refractivity contribution in [2.24, 2.45) is 0 Å². The smallest absolute Gasteiger partial charge is 0.272 e. The number of nitrogens with zero attached hydrogens (tertiary/aromatic N) is 2. The Kier molecular flexibility index (Phi) is 4.27. The van der Waals surface area contributed by atoms with Gasteiger partial charge in [-0.3, -0.25) is 35.5 Å². The Morgan fingerprint density at radius 1 is 1.09 bits per heavy atom. The van der Waals surface area contributed by atoms with Crippen LogP contribution in [0.15, 0.2) is 42.7 Å². The molecule has 0 radical (unpaired) electrons. The summed E-state index contributed by atoms with van der Waals surface area (Å²) in [7, 11) is 0. The SMILES string of the molecule is Nc1ccc([N+](=O)[O-])cc1C(=O)NNC(=O)c1ccncc1. The predicted octanol–water partition coefficient (Wildman–Crippen LogP) is 0.647. The minimum absolute atomic E-state index is 0.0567. The van der Waals surface area contributed by atoms with E-state index < -0.39 is 16.7 Å². The summed E-state index contributed by atoms with van der Waals surface area (Å²) in [6, 6.07) is 6.38. The molecule has 0 fully saturated rings. The van der Waals surface area contributed by atoms with Gasteiger partial charge in [-0.2, -0.15) is 0 Å². The van der Waals surface area contributed by atoms with Crippen LogP contribution in [0.1, 0.15) is 20.7 Å². The summed E-state index contributed by atoms with van der Waals surface area (Å²) < 4.78 is 0. The van der Waals surface area contributed by atoms with E-state index >= 15 is 0 Å². The number of nitro benzene ring substituents is 1. The third-order valence-electron chi connectivity index (χ3n) is 2.72. The number of rotatable bonds is 3. The van der Waals surface area contributed by atoms with Gasteiger partial charge < -0.3 is 5.73 Å². The van der Waals surface area contributed by atoms with E-state index in [0.717, 1.165) is 6.07 Å². The predicted molar refractivity (Wildman–Crippen MR) is 76.7 cm³/mol. The zero-order valence-electron chi connectivity index (χ0n) is 11.1. The molecule has 1 aromatic heterocycles. The summed E-state index contributed by atoms with van der Waals surface area (Å²) in [6.07, 6.45) is 2.85. The van der Waals surface area contributed by atoms with Gasteiger partial charge >= 0.3 is 0 Å². The van der Waals surface area contributed by atoms with Gasteiger partial charge in [-0.05, 0) is 18.2 Å². The number of carbonyl (C=O) groups is 2. The second-order valence-corrected chi connectivity index (χ2v) is 4.17. The lowest BCUT2D eigenvalue weighted by Crippen LogP contribution is -2.41. The lowest BCUT2D eigenvalue weighted by molar-refractivity contribution is -0.384. The summed E-state index contributed by atoms with van der Waals surface area (Å²) >= 11 is 0. The van der Waals surface area contributed by atoms with Gasteiger partial charge in [-0.1, -0.05) is 0 Å². The molecule has 4 N–H and O–H groups in total. The highest BCUT2D eigenvalue weighted by atomic mass is 16.6. The molecule has 2 rings (SSSR count). The molecule has 0 aliphatic rings. The van der Waals surface area contributed by atoms with Crippen molar-refractivity contribution >= 4 is 23.2 Å². The average molecular weight is 301 g/mol. The maximum Gasteiger partial charge on any atom is 0.272 e. The highest BCUT2D eigenvalue weighted by molar-refractivity contribution is 6.02. The van der Waals surface area contributed by atoms with E-state index in [4.69, 9.17) is 5.73 Å². The van der Waals surface area contributed by atoms with E-state index in [2.05, 4.69) is 15.8 Å². The minimum Gasteiger partial charge on any atom is -0.398 e. The number of amides is 2. The van der Waals surface area contributed by atoms with E-state index in [1.165, 1.54) is 36.7 Å². The first-order chi connectivity index (χ1) is 10.5. The average Bonchev–Trinajstić information content (AvgIpc) is 2.53. The molecule has 0 atom stereocenters. The van der Waals surface area contributed by atoms with Crippen molar-refractivity contribution in [3.05, 3.63) is 64.0 Å². The molecule has 9 nitrogen and oxygen atoms in total. The van der Waals surface area contributed by atoms with Gasteiger partial charge in [0.2, 0.25) is 0 Å². The number of nitrogens with one attached hydrogen (secondary N) is 2. The lowest BCUT2D eigenvalue weighted by Gasteiger charge is -2.08. The van der Waals surface area contributed by atoms with Gasteiger partial charge in [0, 0.05) is 35.8 Å². The van der Waals surface area contributed by atoms with Crippen LogP contribution in [0.5, 0.6) is 0 Å². The van der Waals surface area contributed by atoms with Crippen LogP contribution in [0, 0.1) is 10.1 Å². The molecule has 2 aromatic rings. The third kappa shape index (κ3) is 3.33. The molecule has 2 amide bonds. The Morgan fingerprint density at radius 2 is 1.73 bits per heavy atom. The van der Waals surface area contributed by atoms with Crippen molar-refractivity contribution in [2.45, 2.75) is 0 Å². The quantitative estimate of drug-likeness (QED) is 0.432. The highest BCUT2D eigenvalue weighted by Crippen LogP contribution is 2.19. The Balaban J connectivity index is 2.08. The molecule has 0 saturated carbocycles. The van der Waals surface area contributed by atoms with Crippen molar-refractivity contribution in [1.82, 2.24) is 15.8 Å². The van der Waals surface area contributed by atoms with Crippen molar-refractivity contribution in [3.63, 3.8) is 0 Å². The Hall–Kier alpha value is -3.49. The number of hydrazine groups is 1. The maximum absolute atomic E-state index is 11.9. The monoisotopic (exact) mass is 301 g/mol. The van der Waals surface area contributed by atoms with Crippen molar-refractivity contribution in [3.8, 4) is 0 Å². The van der Waals surface area contributed by atoms with Gasteiger partial charge in [-0.15, -0.1) is 0 Å². The summed E-state index contributed by atoms with van der Waals surface area (Å²) in [5.74, 6) is -1.32. The van der Waals surface area contributed by atoms with Crippen LogP contribution in [0.4, 0.5) is 11.4 Å². The molecular weight excluding hydrogens is 290 g/mol. The van der Waals surface area contributed by atoms with Gasteiger partial charge in [0.05, 0.1) is 10.5 Å². The first-order valence-electron chi connectivity index (χ1n) is 6.03. The van der Waals surface area contributed by atoms with Gasteiger partial charge in [0.15, 0.2) is 0 Å². The zero-order chi connectivity index (χ0) is 16.1. The summed E-state index contributed by atoms with van der Waals surface area (Å²) in [5.41, 5.74) is 9.89.